The van der Waals surface area contributed by atoms with Crippen molar-refractivity contribution >= 4 is 29.8 Å². The smallest absolute Gasteiger partial charge is 0.328 e. The Kier molecular flexibility index (Phi) is 3.98. The summed E-state index contributed by atoms with van der Waals surface area (Å²) in [5, 5.41) is 8.71. The Balaban J connectivity index is 2.01. The van der Waals surface area contributed by atoms with Crippen LogP contribution in [0.25, 0.3) is 0 Å². The highest BCUT2D eigenvalue weighted by molar-refractivity contribution is 6.17. The Morgan fingerprint density at radius 3 is 1.96 bits per heavy atom. The minimum Gasteiger partial charge on any atom is -0.337 e. The molecule has 2 aliphatic rings. The predicted molar refractivity (Wildman–Crippen MR) is 79.4 cm³/mol. The van der Waals surface area contributed by atoms with E-state index in [-0.39, 0.29) is 6.54 Å². The number of benzene rings is 1. The van der Waals surface area contributed by atoms with Crippen molar-refractivity contribution < 1.29 is 24.0 Å². The van der Waals surface area contributed by atoms with Crippen LogP contribution in [0.4, 0.5) is 9.59 Å². The van der Waals surface area contributed by atoms with E-state index in [2.05, 4.69) is 10.6 Å². The fourth-order valence-corrected chi connectivity index (χ4v) is 3.02. The molecule has 2 heterocycles. The average molecular weight is 330 g/mol. The maximum absolute atomic E-state index is 12.2. The number of urea groups is 2. The summed E-state index contributed by atoms with van der Waals surface area (Å²) >= 11 is 0. The number of imide groups is 3. The summed E-state index contributed by atoms with van der Waals surface area (Å²) in [6.07, 6.45) is 0. The molecule has 0 bridgehead atoms. The van der Waals surface area contributed by atoms with Gasteiger partial charge in [-0.15, -0.1) is 0 Å². The van der Waals surface area contributed by atoms with E-state index < -0.39 is 47.5 Å². The van der Waals surface area contributed by atoms with E-state index in [1.807, 2.05) is 10.6 Å². The van der Waals surface area contributed by atoms with Crippen molar-refractivity contribution in [2.24, 2.45) is 11.8 Å². The fourth-order valence-electron chi connectivity index (χ4n) is 3.02. The molecule has 4 N–H and O–H groups in total. The standard InChI is InChI=1S/C15H14N4O5/c20-11-8(6-16-14(23)17-11)9(7-4-2-1-3-5-7)10-12(21)18-15(24)19-13(10)22/h1-5,8-10H,6H2,(H2,16,17,20,23)(H2,18,19,21,22,24). The van der Waals surface area contributed by atoms with Gasteiger partial charge in [-0.2, -0.15) is 0 Å². The Bertz CT molecular complexity index is 713. The number of barbiturate groups is 1. The molecule has 9 nitrogen and oxygen atoms in total. The summed E-state index contributed by atoms with van der Waals surface area (Å²) in [4.78, 5) is 59.3. The van der Waals surface area contributed by atoms with Crippen molar-refractivity contribution in [2.75, 3.05) is 6.54 Å². The van der Waals surface area contributed by atoms with Crippen molar-refractivity contribution in [2.45, 2.75) is 5.92 Å². The lowest BCUT2D eigenvalue weighted by atomic mass is 9.74. The van der Waals surface area contributed by atoms with Crippen molar-refractivity contribution in [3.05, 3.63) is 35.9 Å². The largest absolute Gasteiger partial charge is 0.337 e. The summed E-state index contributed by atoms with van der Waals surface area (Å²) < 4.78 is 0. The van der Waals surface area contributed by atoms with Crippen LogP contribution in [-0.4, -0.2) is 36.3 Å². The summed E-state index contributed by atoms with van der Waals surface area (Å²) in [6.45, 7) is -0.0186. The molecule has 0 saturated carbocycles. The molecular formula is C15H14N4O5. The normalized spacial score (nSPS) is 23.0. The molecule has 0 spiro atoms. The van der Waals surface area contributed by atoms with Crippen LogP contribution in [0, 0.1) is 11.8 Å². The lowest BCUT2D eigenvalue weighted by Crippen LogP contribution is -2.61. The molecular weight excluding hydrogens is 316 g/mol. The summed E-state index contributed by atoms with van der Waals surface area (Å²) in [7, 11) is 0. The topological polar surface area (TPSA) is 133 Å². The van der Waals surface area contributed by atoms with Crippen LogP contribution in [0.1, 0.15) is 11.5 Å². The third-order valence-electron chi connectivity index (χ3n) is 4.07. The van der Waals surface area contributed by atoms with Crippen LogP contribution in [0.15, 0.2) is 30.3 Å². The van der Waals surface area contributed by atoms with E-state index in [4.69, 9.17) is 0 Å². The zero-order chi connectivity index (χ0) is 17.3. The van der Waals surface area contributed by atoms with Crippen LogP contribution in [-0.2, 0) is 14.4 Å². The van der Waals surface area contributed by atoms with E-state index in [0.29, 0.717) is 5.56 Å². The molecule has 2 saturated heterocycles. The van der Waals surface area contributed by atoms with Gasteiger partial charge in [0.05, 0.1) is 5.92 Å². The Morgan fingerprint density at radius 2 is 1.38 bits per heavy atom. The van der Waals surface area contributed by atoms with Gasteiger partial charge in [0.15, 0.2) is 0 Å². The first-order valence-corrected chi connectivity index (χ1v) is 7.26. The average Bonchev–Trinajstić information content (AvgIpc) is 2.52. The van der Waals surface area contributed by atoms with Gasteiger partial charge in [0.1, 0.15) is 5.92 Å². The minimum absolute atomic E-state index is 0.0186. The van der Waals surface area contributed by atoms with Gasteiger partial charge in [-0.1, -0.05) is 30.3 Å². The molecule has 1 aromatic carbocycles. The number of rotatable bonds is 3. The van der Waals surface area contributed by atoms with Gasteiger partial charge in [-0.25, -0.2) is 9.59 Å². The van der Waals surface area contributed by atoms with E-state index in [1.54, 1.807) is 30.3 Å². The van der Waals surface area contributed by atoms with Gasteiger partial charge in [-0.3, -0.25) is 30.3 Å². The maximum atomic E-state index is 12.2. The monoisotopic (exact) mass is 330 g/mol. The molecule has 2 aliphatic heterocycles. The molecule has 24 heavy (non-hydrogen) atoms. The van der Waals surface area contributed by atoms with Crippen molar-refractivity contribution in [1.82, 2.24) is 21.3 Å². The van der Waals surface area contributed by atoms with Gasteiger partial charge in [-0.05, 0) is 5.56 Å². The Hall–Kier alpha value is -3.23. The van der Waals surface area contributed by atoms with Crippen molar-refractivity contribution in [1.29, 1.82) is 0 Å². The molecule has 7 amide bonds. The number of carbonyl (C=O) groups is 5. The first kappa shape index (κ1) is 15.7. The van der Waals surface area contributed by atoms with E-state index in [1.165, 1.54) is 0 Å². The minimum atomic E-state index is -1.27. The highest BCUT2D eigenvalue weighted by Gasteiger charge is 2.47. The molecule has 1 aromatic rings. The highest BCUT2D eigenvalue weighted by atomic mass is 16.2. The van der Waals surface area contributed by atoms with E-state index >= 15 is 0 Å². The lowest BCUT2D eigenvalue weighted by molar-refractivity contribution is -0.138. The molecule has 124 valence electrons. The number of amides is 7. The maximum Gasteiger partial charge on any atom is 0.328 e. The predicted octanol–water partition coefficient (Wildman–Crippen LogP) is -0.792. The SMILES string of the molecule is O=C1NCC(C(c2ccccc2)C2C(=O)NC(=O)NC2=O)C(=O)N1. The fraction of sp³-hybridized carbons (Fsp3) is 0.267. The van der Waals surface area contributed by atoms with Gasteiger partial charge in [0.25, 0.3) is 0 Å². The van der Waals surface area contributed by atoms with Crippen LogP contribution < -0.4 is 21.3 Å². The molecule has 0 aromatic heterocycles. The summed E-state index contributed by atoms with van der Waals surface area (Å²) in [5.74, 6) is -5.06. The Morgan fingerprint density at radius 1 is 0.792 bits per heavy atom. The molecule has 0 radical (unpaired) electrons. The second-order valence-electron chi connectivity index (χ2n) is 5.53. The number of hydrogen-bond donors (Lipinski definition) is 4. The zero-order valence-electron chi connectivity index (χ0n) is 12.4. The van der Waals surface area contributed by atoms with Crippen LogP contribution in [0.3, 0.4) is 0 Å². The number of carbonyl (C=O) groups excluding carboxylic acids is 5. The van der Waals surface area contributed by atoms with Crippen molar-refractivity contribution in [3.63, 3.8) is 0 Å². The number of nitrogens with one attached hydrogen (secondary N) is 4. The van der Waals surface area contributed by atoms with Gasteiger partial charge >= 0.3 is 12.1 Å². The molecule has 3 rings (SSSR count). The first-order chi connectivity index (χ1) is 11.5. The second kappa shape index (κ2) is 6.11. The Labute approximate surface area is 136 Å². The quantitative estimate of drug-likeness (QED) is 0.539. The van der Waals surface area contributed by atoms with Gasteiger partial charge in [0.2, 0.25) is 17.7 Å². The van der Waals surface area contributed by atoms with Gasteiger partial charge < -0.3 is 5.32 Å². The van der Waals surface area contributed by atoms with Crippen LogP contribution in [0.2, 0.25) is 0 Å². The lowest BCUT2D eigenvalue weighted by Gasteiger charge is -2.35. The molecule has 9 heteroatoms. The van der Waals surface area contributed by atoms with E-state index in [9.17, 15) is 24.0 Å². The van der Waals surface area contributed by atoms with E-state index in [0.717, 1.165) is 0 Å². The third-order valence-corrected chi connectivity index (χ3v) is 4.07. The summed E-state index contributed by atoms with van der Waals surface area (Å²) in [5.41, 5.74) is 0.582. The first-order valence-electron chi connectivity index (χ1n) is 7.26. The van der Waals surface area contributed by atoms with Crippen LogP contribution in [0.5, 0.6) is 0 Å². The molecule has 0 aliphatic carbocycles. The summed E-state index contributed by atoms with van der Waals surface area (Å²) in [6, 6.07) is 7.03. The van der Waals surface area contributed by atoms with Gasteiger partial charge in [0, 0.05) is 12.5 Å². The van der Waals surface area contributed by atoms with Crippen LogP contribution >= 0.6 is 0 Å². The van der Waals surface area contributed by atoms with Crippen molar-refractivity contribution in [3.8, 4) is 0 Å². The molecule has 2 fully saturated rings. The second-order valence-corrected chi connectivity index (χ2v) is 5.53. The zero-order valence-corrected chi connectivity index (χ0v) is 12.4. The third kappa shape index (κ3) is 2.83. The number of hydrogen-bond acceptors (Lipinski definition) is 5. The molecule has 2 atom stereocenters. The molecule has 2 unspecified atom stereocenters. The highest BCUT2D eigenvalue weighted by Crippen LogP contribution is 2.34.